The summed E-state index contributed by atoms with van der Waals surface area (Å²) in [4.78, 5) is 24.6. The zero-order valence-electron chi connectivity index (χ0n) is 18.0. The Hall–Kier alpha value is -4.01. The zero-order chi connectivity index (χ0) is 24.4. The molecule has 1 atom stereocenters. The van der Waals surface area contributed by atoms with Crippen molar-refractivity contribution >= 4 is 39.7 Å². The maximum atomic E-state index is 15.3. The quantitative estimate of drug-likeness (QED) is 0.266. The molecule has 4 aromatic rings. The van der Waals surface area contributed by atoms with Crippen LogP contribution in [-0.4, -0.2) is 31.3 Å². The minimum Gasteiger partial charge on any atom is -0.588 e. The van der Waals surface area contributed by atoms with Gasteiger partial charge in [-0.05, 0) is 50.2 Å². The third-order valence-electron chi connectivity index (χ3n) is 4.86. The van der Waals surface area contributed by atoms with E-state index in [0.717, 1.165) is 12.1 Å². The fraction of sp³-hybridized carbons (Fsp3) is 0.130. The molecule has 0 aliphatic carbocycles. The second kappa shape index (κ2) is 9.46. The highest BCUT2D eigenvalue weighted by Gasteiger charge is 2.27. The van der Waals surface area contributed by atoms with Gasteiger partial charge >= 0.3 is 0 Å². The van der Waals surface area contributed by atoms with E-state index in [4.69, 9.17) is 5.26 Å². The highest BCUT2D eigenvalue weighted by atomic mass is 32.2. The smallest absolute Gasteiger partial charge is 0.201 e. The van der Waals surface area contributed by atoms with Crippen LogP contribution in [0.25, 0.3) is 11.0 Å². The molecule has 0 bridgehead atoms. The van der Waals surface area contributed by atoms with E-state index in [1.807, 2.05) is 19.9 Å². The van der Waals surface area contributed by atoms with Gasteiger partial charge in [0.05, 0.1) is 28.1 Å². The number of hydrogen-bond acceptors (Lipinski definition) is 7. The normalized spacial score (nSPS) is 11.9. The van der Waals surface area contributed by atoms with Crippen LogP contribution in [0.2, 0.25) is 0 Å². The Morgan fingerprint density at radius 2 is 1.91 bits per heavy atom. The van der Waals surface area contributed by atoms with Crippen molar-refractivity contribution < 1.29 is 18.1 Å². The molecule has 4 rings (SSSR count). The average molecular weight is 481 g/mol. The first-order valence-electron chi connectivity index (χ1n) is 10.1. The number of anilines is 2. The van der Waals surface area contributed by atoms with Gasteiger partial charge < -0.3 is 14.9 Å². The van der Waals surface area contributed by atoms with E-state index in [-0.39, 0.29) is 22.2 Å². The minimum absolute atomic E-state index is 0.0121. The number of benzene rings is 2. The summed E-state index contributed by atoms with van der Waals surface area (Å²) in [5.74, 6) is -2.82. The van der Waals surface area contributed by atoms with Crippen molar-refractivity contribution in [3.8, 4) is 6.07 Å². The van der Waals surface area contributed by atoms with Crippen molar-refractivity contribution in [2.75, 3.05) is 10.0 Å². The van der Waals surface area contributed by atoms with Gasteiger partial charge in [0, 0.05) is 12.2 Å². The summed E-state index contributed by atoms with van der Waals surface area (Å²) in [6, 6.07) is 9.74. The molecule has 3 N–H and O–H groups in total. The Morgan fingerprint density at radius 3 is 2.59 bits per heavy atom. The Morgan fingerprint density at radius 1 is 1.18 bits per heavy atom. The topological polar surface area (TPSA) is 130 Å². The third-order valence-corrected chi connectivity index (χ3v) is 5.96. The van der Waals surface area contributed by atoms with Crippen LogP contribution in [0.5, 0.6) is 0 Å². The third kappa shape index (κ3) is 4.41. The highest BCUT2D eigenvalue weighted by Crippen LogP contribution is 2.30. The monoisotopic (exact) mass is 480 g/mol. The summed E-state index contributed by atoms with van der Waals surface area (Å²) in [5.41, 5.74) is -0.429. The van der Waals surface area contributed by atoms with E-state index in [9.17, 15) is 13.7 Å². The van der Waals surface area contributed by atoms with Gasteiger partial charge in [-0.3, -0.25) is 4.79 Å². The van der Waals surface area contributed by atoms with Crippen molar-refractivity contribution in [2.24, 2.45) is 0 Å². The van der Waals surface area contributed by atoms with Gasteiger partial charge in [-0.1, -0.05) is 0 Å². The molecule has 1 unspecified atom stereocenters. The minimum atomic E-state index is -1.92. The zero-order valence-corrected chi connectivity index (χ0v) is 18.8. The van der Waals surface area contributed by atoms with Crippen molar-refractivity contribution in [2.45, 2.75) is 24.8 Å². The van der Waals surface area contributed by atoms with Gasteiger partial charge in [-0.25, -0.2) is 23.5 Å². The molecule has 0 amide bonds. The predicted molar refractivity (Wildman–Crippen MR) is 124 cm³/mol. The molecule has 0 fully saturated rings. The first kappa shape index (κ1) is 23.2. The molecular formula is C23H18F2N6O2S. The Labute approximate surface area is 196 Å². The van der Waals surface area contributed by atoms with Gasteiger partial charge in [0.15, 0.2) is 10.7 Å². The van der Waals surface area contributed by atoms with E-state index in [1.54, 1.807) is 0 Å². The molecule has 0 saturated carbocycles. The van der Waals surface area contributed by atoms with Gasteiger partial charge in [0.1, 0.15) is 40.7 Å². The SMILES string of the molecule is CC(C)Nc1ncnc2[nH]cc(C(=O)c3c(F)ccc(N[S+]([O-])c4ccc(C#N)cc4)c3F)c12. The van der Waals surface area contributed by atoms with Gasteiger partial charge in [-0.15, -0.1) is 0 Å². The largest absolute Gasteiger partial charge is 0.588 e. The number of halogens is 2. The number of carbonyl (C=O) groups excluding carboxylic acids is 1. The lowest BCUT2D eigenvalue weighted by molar-refractivity contribution is 0.103. The van der Waals surface area contributed by atoms with Gasteiger partial charge in [0.2, 0.25) is 5.78 Å². The molecule has 11 heteroatoms. The van der Waals surface area contributed by atoms with E-state index in [0.29, 0.717) is 22.4 Å². The summed E-state index contributed by atoms with van der Waals surface area (Å²) in [6.45, 7) is 3.76. The van der Waals surface area contributed by atoms with Gasteiger partial charge in [-0.2, -0.15) is 5.26 Å². The standard InChI is InChI=1S/C23H18F2N6O2S/c1-12(2)30-23-18-15(10-27-22(18)28-11-29-23)21(32)19-16(24)7-8-17(20(19)25)31-34(33)14-5-3-13(9-26)4-6-14/h3-8,10-12,31H,1-2H3,(H2,27,28,29,30). The number of rotatable bonds is 7. The van der Waals surface area contributed by atoms with Gasteiger partial charge in [0.25, 0.3) is 0 Å². The Balaban J connectivity index is 1.71. The first-order chi connectivity index (χ1) is 16.3. The highest BCUT2D eigenvalue weighted by molar-refractivity contribution is 7.92. The van der Waals surface area contributed by atoms with Crippen LogP contribution in [0.3, 0.4) is 0 Å². The number of nitrogens with zero attached hydrogens (tertiary/aromatic N) is 3. The number of nitriles is 1. The van der Waals surface area contributed by atoms with E-state index in [1.165, 1.54) is 36.8 Å². The lowest BCUT2D eigenvalue weighted by Gasteiger charge is -2.14. The van der Waals surface area contributed by atoms with Crippen molar-refractivity contribution in [3.05, 3.63) is 77.2 Å². The number of H-pyrrole nitrogens is 1. The second-order valence-corrected chi connectivity index (χ2v) is 8.78. The summed E-state index contributed by atoms with van der Waals surface area (Å²) in [6.07, 6.45) is 2.63. The number of aromatic amines is 1. The number of aromatic nitrogens is 3. The summed E-state index contributed by atoms with van der Waals surface area (Å²) in [5, 5.41) is 12.3. The van der Waals surface area contributed by atoms with Crippen LogP contribution < -0.4 is 10.0 Å². The molecule has 0 radical (unpaired) electrons. The molecule has 0 aliphatic rings. The predicted octanol–water partition coefficient (Wildman–Crippen LogP) is 4.29. The number of fused-ring (bicyclic) bond motifs is 1. The molecular weight excluding hydrogens is 462 g/mol. The summed E-state index contributed by atoms with van der Waals surface area (Å²) < 4.78 is 45.1. The summed E-state index contributed by atoms with van der Waals surface area (Å²) in [7, 11) is 0. The van der Waals surface area contributed by atoms with Crippen molar-refractivity contribution in [1.29, 1.82) is 5.26 Å². The van der Waals surface area contributed by atoms with Crippen LogP contribution in [-0.2, 0) is 11.4 Å². The molecule has 8 nitrogen and oxygen atoms in total. The fourth-order valence-corrected chi connectivity index (χ4v) is 4.17. The van der Waals surface area contributed by atoms with E-state index >= 15 is 4.39 Å². The molecule has 2 aromatic carbocycles. The molecule has 0 spiro atoms. The van der Waals surface area contributed by atoms with Crippen LogP contribution >= 0.6 is 0 Å². The van der Waals surface area contributed by atoms with Crippen molar-refractivity contribution in [1.82, 2.24) is 15.0 Å². The Kier molecular flexibility index (Phi) is 6.45. The summed E-state index contributed by atoms with van der Waals surface area (Å²) >= 11 is -1.92. The second-order valence-electron chi connectivity index (χ2n) is 7.57. The lowest BCUT2D eigenvalue weighted by Crippen LogP contribution is -2.17. The molecule has 172 valence electrons. The van der Waals surface area contributed by atoms with Crippen LogP contribution in [0.1, 0.15) is 35.3 Å². The average Bonchev–Trinajstić information content (AvgIpc) is 3.26. The molecule has 2 heterocycles. The molecule has 2 aromatic heterocycles. The molecule has 0 saturated heterocycles. The van der Waals surface area contributed by atoms with E-state index < -0.39 is 34.3 Å². The van der Waals surface area contributed by atoms with E-state index in [2.05, 4.69) is 25.0 Å². The lowest BCUT2D eigenvalue weighted by atomic mass is 10.0. The first-order valence-corrected chi connectivity index (χ1v) is 11.2. The number of nitrogens with one attached hydrogen (secondary N) is 3. The van der Waals surface area contributed by atoms with Crippen molar-refractivity contribution in [3.63, 3.8) is 0 Å². The number of hydrogen-bond donors (Lipinski definition) is 3. The fourth-order valence-electron chi connectivity index (χ4n) is 3.31. The number of ketones is 1. The Bertz CT molecular complexity index is 1420. The van der Waals surface area contributed by atoms with Crippen LogP contribution in [0, 0.1) is 23.0 Å². The van der Waals surface area contributed by atoms with Crippen LogP contribution in [0.15, 0.2) is 53.8 Å². The maximum absolute atomic E-state index is 15.3. The number of carbonyl (C=O) groups is 1. The molecule has 34 heavy (non-hydrogen) atoms. The van der Waals surface area contributed by atoms with Crippen LogP contribution in [0.4, 0.5) is 20.3 Å². The molecule has 0 aliphatic heterocycles. The maximum Gasteiger partial charge on any atom is 0.201 e.